The summed E-state index contributed by atoms with van der Waals surface area (Å²) in [6.45, 7) is 9.84. The number of hydrogen-bond donors (Lipinski definition) is 5. The fourth-order valence-corrected chi connectivity index (χ4v) is 10.0. The van der Waals surface area contributed by atoms with Crippen LogP contribution in [0.1, 0.15) is 54.4 Å². The van der Waals surface area contributed by atoms with Gasteiger partial charge in [-0.3, -0.25) is 19.2 Å². The summed E-state index contributed by atoms with van der Waals surface area (Å²) in [6, 6.07) is 24.6. The Bertz CT molecular complexity index is 2720. The number of aromatic nitrogens is 1. The summed E-state index contributed by atoms with van der Waals surface area (Å²) in [6.07, 6.45) is -0.789. The number of aliphatic hydroxyl groups excluding tert-OH is 1. The number of ketones is 1. The van der Waals surface area contributed by atoms with Crippen molar-refractivity contribution in [2.45, 2.75) is 58.8 Å². The Morgan fingerprint density at radius 1 is 0.855 bits per heavy atom. The van der Waals surface area contributed by atoms with E-state index in [4.69, 9.17) is 14.2 Å². The zero-order valence-electron chi connectivity index (χ0n) is 39.4. The SMILES string of the molecule is Cc1ncsc1-c1ccc(CNC(=O)[C@@H]2C[C@@H](O)CN2C(=O)C(NC(=O)COCCOCCN(C)CCOc2ccc(C(=O)c3c(-c4ccc(O)cc4)sc4cc(O)ccc34)cc2)C(C)(C)C)cc1. The number of likely N-dealkylation sites (N-methyl/N-ethyl adjacent to an activating group) is 1. The molecule has 0 bridgehead atoms. The Hall–Kier alpha value is -6.21. The Balaban J connectivity index is 0.794. The van der Waals surface area contributed by atoms with Gasteiger partial charge in [0.05, 0.1) is 42.0 Å². The number of aromatic hydroxyl groups is 2. The van der Waals surface area contributed by atoms with E-state index < -0.39 is 35.4 Å². The van der Waals surface area contributed by atoms with Crippen LogP contribution >= 0.6 is 22.7 Å². The van der Waals surface area contributed by atoms with Gasteiger partial charge < -0.3 is 50.0 Å². The third kappa shape index (κ3) is 13.1. The Kier molecular flexibility index (Phi) is 16.8. The van der Waals surface area contributed by atoms with Crippen LogP contribution in [0.3, 0.4) is 0 Å². The number of carbonyl (C=O) groups is 4. The molecule has 1 unspecified atom stereocenters. The van der Waals surface area contributed by atoms with Crippen molar-refractivity contribution >= 4 is 56.3 Å². The van der Waals surface area contributed by atoms with Gasteiger partial charge in [-0.2, -0.15) is 0 Å². The zero-order valence-corrected chi connectivity index (χ0v) is 41.0. The molecule has 1 saturated heterocycles. The lowest BCUT2D eigenvalue weighted by atomic mass is 9.85. The fourth-order valence-electron chi connectivity index (χ4n) is 7.99. The van der Waals surface area contributed by atoms with Crippen molar-refractivity contribution in [3.05, 3.63) is 119 Å². The number of thiazole rings is 1. The average Bonchev–Trinajstić information content (AvgIpc) is 4.05. The number of aryl methyl sites for hydroxylation is 1. The van der Waals surface area contributed by atoms with Gasteiger partial charge in [-0.25, -0.2) is 4.98 Å². The number of nitrogens with zero attached hydrogens (tertiary/aromatic N) is 3. The first-order chi connectivity index (χ1) is 33.0. The van der Waals surface area contributed by atoms with Gasteiger partial charge in [-0.1, -0.05) is 45.0 Å². The highest BCUT2D eigenvalue weighted by Gasteiger charge is 2.44. The maximum absolute atomic E-state index is 14.0. The van der Waals surface area contributed by atoms with Gasteiger partial charge in [0.15, 0.2) is 5.78 Å². The van der Waals surface area contributed by atoms with E-state index >= 15 is 0 Å². The molecule has 3 amide bonds. The third-order valence-corrected chi connectivity index (χ3v) is 14.0. The Morgan fingerprint density at radius 3 is 2.22 bits per heavy atom. The number of fused-ring (bicyclic) bond motifs is 1. The lowest BCUT2D eigenvalue weighted by molar-refractivity contribution is -0.144. The van der Waals surface area contributed by atoms with Crippen LogP contribution in [-0.2, 0) is 30.4 Å². The van der Waals surface area contributed by atoms with Crippen LogP contribution in [0.25, 0.3) is 31.0 Å². The highest BCUT2D eigenvalue weighted by Crippen LogP contribution is 2.41. The van der Waals surface area contributed by atoms with Crippen molar-refractivity contribution in [1.29, 1.82) is 0 Å². The highest BCUT2D eigenvalue weighted by molar-refractivity contribution is 7.22. The van der Waals surface area contributed by atoms with E-state index in [0.29, 0.717) is 43.2 Å². The van der Waals surface area contributed by atoms with Crippen molar-refractivity contribution in [3.8, 4) is 38.1 Å². The van der Waals surface area contributed by atoms with Crippen LogP contribution in [0.2, 0.25) is 0 Å². The largest absolute Gasteiger partial charge is 0.508 e. The quantitative estimate of drug-likeness (QED) is 0.0374. The number of hydrogen-bond acceptors (Lipinski definition) is 14. The van der Waals surface area contributed by atoms with Crippen molar-refractivity contribution in [2.24, 2.45) is 5.41 Å². The summed E-state index contributed by atoms with van der Waals surface area (Å²) in [5.41, 5.74) is 5.81. The molecule has 3 heterocycles. The molecule has 1 aliphatic rings. The topological polar surface area (TPSA) is 200 Å². The summed E-state index contributed by atoms with van der Waals surface area (Å²) in [4.78, 5) is 63.9. The second kappa shape index (κ2) is 22.9. The number of thiophene rings is 1. The van der Waals surface area contributed by atoms with E-state index in [1.165, 1.54) is 16.2 Å². The predicted molar refractivity (Wildman–Crippen MR) is 267 cm³/mol. The van der Waals surface area contributed by atoms with Crippen LogP contribution < -0.4 is 15.4 Å². The molecule has 4 aromatic carbocycles. The molecular weight excluding hydrogens is 919 g/mol. The number of likely N-dealkylation sites (tertiary alicyclic amines) is 1. The van der Waals surface area contributed by atoms with Gasteiger partial charge in [0.2, 0.25) is 17.7 Å². The molecule has 0 saturated carbocycles. The van der Waals surface area contributed by atoms with Crippen LogP contribution in [0.15, 0.2) is 96.5 Å². The predicted octanol–water partition coefficient (Wildman–Crippen LogP) is 6.80. The summed E-state index contributed by atoms with van der Waals surface area (Å²) < 4.78 is 18.1. The maximum atomic E-state index is 14.0. The fraction of sp³-hybridized carbons (Fsp3) is 0.365. The van der Waals surface area contributed by atoms with E-state index in [0.717, 1.165) is 42.2 Å². The molecular formula is C52H59N5O10S2. The van der Waals surface area contributed by atoms with Gasteiger partial charge in [-0.15, -0.1) is 22.7 Å². The molecule has 5 N–H and O–H groups in total. The zero-order chi connectivity index (χ0) is 49.2. The first kappa shape index (κ1) is 50.7. The number of carbonyl (C=O) groups excluding carboxylic acids is 4. The number of rotatable bonds is 21. The highest BCUT2D eigenvalue weighted by atomic mass is 32.1. The Morgan fingerprint density at radius 2 is 1.52 bits per heavy atom. The number of phenols is 2. The first-order valence-electron chi connectivity index (χ1n) is 22.8. The van der Waals surface area contributed by atoms with Crippen molar-refractivity contribution in [1.82, 2.24) is 25.4 Å². The lowest BCUT2D eigenvalue weighted by Crippen LogP contribution is -2.58. The minimum absolute atomic E-state index is 0.0233. The summed E-state index contributed by atoms with van der Waals surface area (Å²) in [5, 5.41) is 36.9. The van der Waals surface area contributed by atoms with E-state index in [2.05, 4.69) is 20.5 Å². The monoisotopic (exact) mass is 977 g/mol. The molecule has 1 aliphatic heterocycles. The van der Waals surface area contributed by atoms with E-state index in [1.807, 2.05) is 64.5 Å². The first-order valence-corrected chi connectivity index (χ1v) is 24.5. The van der Waals surface area contributed by atoms with Crippen LogP contribution in [0.5, 0.6) is 17.2 Å². The molecule has 364 valence electrons. The van der Waals surface area contributed by atoms with Crippen molar-refractivity contribution in [3.63, 3.8) is 0 Å². The summed E-state index contributed by atoms with van der Waals surface area (Å²) in [7, 11) is 1.95. The average molecular weight is 978 g/mol. The van der Waals surface area contributed by atoms with Crippen molar-refractivity contribution in [2.75, 3.05) is 59.7 Å². The lowest BCUT2D eigenvalue weighted by Gasteiger charge is -2.35. The number of aliphatic hydroxyl groups is 1. The van der Waals surface area contributed by atoms with Crippen LogP contribution in [0.4, 0.5) is 0 Å². The minimum Gasteiger partial charge on any atom is -0.508 e. The molecule has 69 heavy (non-hydrogen) atoms. The Labute approximate surface area is 409 Å². The second-order valence-corrected chi connectivity index (χ2v) is 20.1. The smallest absolute Gasteiger partial charge is 0.246 e. The molecule has 0 aliphatic carbocycles. The molecule has 3 atom stereocenters. The normalized spacial score (nSPS) is 15.4. The molecule has 7 rings (SSSR count). The van der Waals surface area contributed by atoms with Crippen LogP contribution in [0, 0.1) is 12.3 Å². The minimum atomic E-state index is -0.974. The van der Waals surface area contributed by atoms with Crippen molar-refractivity contribution < 1.29 is 48.7 Å². The standard InChI is InChI=1S/C52H59N5O10S2/c1-32-47(68-31-54-32)35-8-6-33(7-9-35)28-53-50(63)42-26-39(60)29-57(42)51(64)49(52(2,3)4)55-44(61)30-66-25-24-65-22-20-56(5)21-23-67-40-17-12-34(13-18-40)46(62)45-41-19-16-38(59)27-43(41)69-48(45)36-10-14-37(58)15-11-36/h6-19,27,31,39,42,49,58-60H,20-26,28-30H2,1-5H3,(H,53,63)(H,55,61)/t39-,42+,49?/m1/s1. The van der Waals surface area contributed by atoms with E-state index in [9.17, 15) is 34.5 Å². The molecule has 17 heteroatoms. The van der Waals surface area contributed by atoms with E-state index in [-0.39, 0.29) is 62.5 Å². The molecule has 15 nitrogen and oxygen atoms in total. The van der Waals surface area contributed by atoms with Gasteiger partial charge in [0.25, 0.3) is 0 Å². The molecule has 1 fully saturated rings. The maximum Gasteiger partial charge on any atom is 0.246 e. The molecule has 6 aromatic rings. The second-order valence-electron chi connectivity index (χ2n) is 18.1. The van der Waals surface area contributed by atoms with Gasteiger partial charge >= 0.3 is 0 Å². The molecule has 2 aromatic heterocycles. The molecule has 0 radical (unpaired) electrons. The number of amides is 3. The van der Waals surface area contributed by atoms with E-state index in [1.54, 1.807) is 78.1 Å². The third-order valence-electron chi connectivity index (χ3n) is 11.8. The number of nitrogens with one attached hydrogen (secondary N) is 2. The van der Waals surface area contributed by atoms with Crippen LogP contribution in [-0.4, -0.2) is 132 Å². The number of phenolic OH excluding ortho intramolecular Hbond substituents is 2. The summed E-state index contributed by atoms with van der Waals surface area (Å²) in [5.74, 6) is -0.612. The van der Waals surface area contributed by atoms with Gasteiger partial charge in [0, 0.05) is 58.7 Å². The number of β-amino-alcohol motifs (C(OH)–C–C–N with tert-alkyl or cyclic N) is 1. The van der Waals surface area contributed by atoms with Gasteiger partial charge in [0.1, 0.15) is 42.5 Å². The van der Waals surface area contributed by atoms with Gasteiger partial charge in [-0.05, 0) is 103 Å². The number of ether oxygens (including phenoxy) is 3. The number of benzene rings is 4. The molecule has 0 spiro atoms. The summed E-state index contributed by atoms with van der Waals surface area (Å²) >= 11 is 2.98.